The molecule has 4 aliphatic carbocycles. The quantitative estimate of drug-likeness (QED) is 0.322. The van der Waals surface area contributed by atoms with Gasteiger partial charge in [-0.1, -0.05) is 77.0 Å². The molecule has 4 aliphatic rings. The third-order valence-electron chi connectivity index (χ3n) is 10.3. The minimum Gasteiger partial charge on any atom is -0.462 e. The summed E-state index contributed by atoms with van der Waals surface area (Å²) >= 11 is 0. The molecule has 0 aromatic rings. The van der Waals surface area contributed by atoms with Crippen molar-refractivity contribution in [2.24, 2.45) is 46.3 Å². The zero-order valence-electron chi connectivity index (χ0n) is 21.6. The summed E-state index contributed by atoms with van der Waals surface area (Å²) in [6, 6.07) is 0. The number of carbonyl (C=O) groups excluding carboxylic acids is 1. The van der Waals surface area contributed by atoms with E-state index in [0.29, 0.717) is 29.1 Å². The van der Waals surface area contributed by atoms with Crippen LogP contribution in [0.2, 0.25) is 0 Å². The third kappa shape index (κ3) is 4.05. The predicted octanol–water partition coefficient (Wildman–Crippen LogP) is 7.90. The lowest BCUT2D eigenvalue weighted by atomic mass is 9.50. The van der Waals surface area contributed by atoms with Crippen LogP contribution in [0.5, 0.6) is 0 Å². The molecule has 0 aromatic carbocycles. The van der Waals surface area contributed by atoms with Gasteiger partial charge in [0.25, 0.3) is 0 Å². The minimum absolute atomic E-state index is 0.0763. The topological polar surface area (TPSA) is 26.3 Å². The fourth-order valence-electron chi connectivity index (χ4n) is 7.92. The fourth-order valence-corrected chi connectivity index (χ4v) is 7.92. The van der Waals surface area contributed by atoms with E-state index >= 15 is 0 Å². The molecule has 0 spiro atoms. The molecule has 0 aromatic heterocycles. The average Bonchev–Trinajstić information content (AvgIpc) is 3.08. The molecule has 0 saturated heterocycles. The van der Waals surface area contributed by atoms with Crippen LogP contribution in [0.25, 0.3) is 0 Å². The van der Waals surface area contributed by atoms with Crippen LogP contribution in [-0.2, 0) is 9.53 Å². The van der Waals surface area contributed by atoms with E-state index in [-0.39, 0.29) is 17.5 Å². The number of hydrogen-bond donors (Lipinski definition) is 0. The molecule has 32 heavy (non-hydrogen) atoms. The summed E-state index contributed by atoms with van der Waals surface area (Å²) in [5.41, 5.74) is 3.98. The standard InChI is InChI=1S/C30H46O2/c1-19(2)20(3)8-9-21(4)26-12-13-27-25-11-10-23-18-24(32-22(5)31)14-16-29(23,6)28(25)15-17-30(26,27)7/h8-11,19-21,24,26-28H,12-18H2,1-7H3/b9-8+/t20-,21-,24-,26+,27+,28+,29-,30+/m0/s1. The Labute approximate surface area is 197 Å². The summed E-state index contributed by atoms with van der Waals surface area (Å²) in [6.07, 6.45) is 18.5. The van der Waals surface area contributed by atoms with Crippen LogP contribution in [-0.4, -0.2) is 12.1 Å². The first kappa shape index (κ1) is 23.8. The minimum atomic E-state index is -0.136. The Morgan fingerprint density at radius 1 is 1.00 bits per heavy atom. The molecule has 0 bridgehead atoms. The molecular formula is C30H46O2. The Balaban J connectivity index is 1.54. The number of rotatable bonds is 5. The first-order chi connectivity index (χ1) is 15.1. The first-order valence-corrected chi connectivity index (χ1v) is 13.3. The highest BCUT2D eigenvalue weighted by Crippen LogP contribution is 2.66. The molecule has 3 fully saturated rings. The molecular weight excluding hydrogens is 392 g/mol. The van der Waals surface area contributed by atoms with Crippen molar-refractivity contribution in [1.29, 1.82) is 0 Å². The Morgan fingerprint density at radius 3 is 2.44 bits per heavy atom. The van der Waals surface area contributed by atoms with Crippen molar-refractivity contribution in [3.8, 4) is 0 Å². The van der Waals surface area contributed by atoms with Crippen LogP contribution >= 0.6 is 0 Å². The van der Waals surface area contributed by atoms with E-state index in [0.717, 1.165) is 31.1 Å². The Bertz CT molecular complexity index is 817. The van der Waals surface area contributed by atoms with E-state index in [1.54, 1.807) is 12.5 Å². The molecule has 0 unspecified atom stereocenters. The van der Waals surface area contributed by atoms with Crippen LogP contribution < -0.4 is 0 Å². The third-order valence-corrected chi connectivity index (χ3v) is 10.3. The summed E-state index contributed by atoms with van der Waals surface area (Å²) < 4.78 is 5.59. The van der Waals surface area contributed by atoms with Crippen molar-refractivity contribution in [1.82, 2.24) is 0 Å². The number of esters is 1. The van der Waals surface area contributed by atoms with E-state index in [4.69, 9.17) is 4.74 Å². The van der Waals surface area contributed by atoms with Crippen molar-refractivity contribution in [2.45, 2.75) is 99.5 Å². The van der Waals surface area contributed by atoms with Crippen molar-refractivity contribution in [3.63, 3.8) is 0 Å². The lowest BCUT2D eigenvalue weighted by Crippen LogP contribution is -2.46. The maximum absolute atomic E-state index is 11.5. The van der Waals surface area contributed by atoms with Gasteiger partial charge >= 0.3 is 5.97 Å². The van der Waals surface area contributed by atoms with Crippen LogP contribution in [0, 0.1) is 46.3 Å². The number of fused-ring (bicyclic) bond motifs is 5. The summed E-state index contributed by atoms with van der Waals surface area (Å²) in [5, 5.41) is 0. The molecule has 2 heteroatoms. The van der Waals surface area contributed by atoms with Gasteiger partial charge in [0.15, 0.2) is 0 Å². The van der Waals surface area contributed by atoms with Gasteiger partial charge in [0, 0.05) is 13.3 Å². The average molecular weight is 439 g/mol. The highest BCUT2D eigenvalue weighted by Gasteiger charge is 2.56. The van der Waals surface area contributed by atoms with E-state index in [2.05, 4.69) is 65.8 Å². The number of ether oxygens (including phenoxy) is 1. The number of hydrogen-bond acceptors (Lipinski definition) is 2. The molecule has 0 aliphatic heterocycles. The van der Waals surface area contributed by atoms with E-state index in [9.17, 15) is 4.79 Å². The van der Waals surface area contributed by atoms with Gasteiger partial charge in [-0.15, -0.1) is 0 Å². The Hall–Kier alpha value is -1.31. The van der Waals surface area contributed by atoms with Gasteiger partial charge in [0.05, 0.1) is 0 Å². The smallest absolute Gasteiger partial charge is 0.302 e. The van der Waals surface area contributed by atoms with Gasteiger partial charge < -0.3 is 4.74 Å². The lowest BCUT2D eigenvalue weighted by Gasteiger charge is -2.55. The van der Waals surface area contributed by atoms with Gasteiger partial charge in [-0.05, 0) is 84.9 Å². The highest BCUT2D eigenvalue weighted by atomic mass is 16.5. The van der Waals surface area contributed by atoms with E-state index < -0.39 is 0 Å². The number of allylic oxidation sites excluding steroid dienone is 5. The summed E-state index contributed by atoms with van der Waals surface area (Å²) in [4.78, 5) is 11.5. The van der Waals surface area contributed by atoms with Crippen molar-refractivity contribution in [2.75, 3.05) is 0 Å². The normalized spacial score (nSPS) is 40.8. The highest BCUT2D eigenvalue weighted by molar-refractivity contribution is 5.66. The molecule has 178 valence electrons. The molecule has 0 amide bonds. The van der Waals surface area contributed by atoms with Crippen molar-refractivity contribution in [3.05, 3.63) is 35.5 Å². The summed E-state index contributed by atoms with van der Waals surface area (Å²) in [5.74, 6) is 4.11. The van der Waals surface area contributed by atoms with Crippen LogP contribution in [0.1, 0.15) is 93.4 Å². The second-order valence-corrected chi connectivity index (χ2v) is 12.4. The largest absolute Gasteiger partial charge is 0.462 e. The van der Waals surface area contributed by atoms with Gasteiger partial charge in [0.2, 0.25) is 0 Å². The Morgan fingerprint density at radius 2 is 1.75 bits per heavy atom. The first-order valence-electron chi connectivity index (χ1n) is 13.3. The zero-order valence-corrected chi connectivity index (χ0v) is 21.6. The van der Waals surface area contributed by atoms with Gasteiger partial charge in [-0.25, -0.2) is 0 Å². The predicted molar refractivity (Wildman–Crippen MR) is 133 cm³/mol. The van der Waals surface area contributed by atoms with Gasteiger partial charge in [-0.3, -0.25) is 4.79 Å². The molecule has 0 heterocycles. The molecule has 4 rings (SSSR count). The SMILES string of the molecule is CC(=O)O[C@H]1CC[C@@]2(C)C(=CC=C3[C@H]4CC[C@H]([C@@H](C)/C=C/[C@H](C)C(C)C)[C@@]4(C)CC[C@H]32)C1. The molecule has 0 N–H and O–H groups in total. The Kier molecular flexibility index (Phi) is 6.56. The second-order valence-electron chi connectivity index (χ2n) is 12.4. The zero-order chi connectivity index (χ0) is 23.3. The van der Waals surface area contributed by atoms with Crippen LogP contribution in [0.3, 0.4) is 0 Å². The van der Waals surface area contributed by atoms with Crippen LogP contribution in [0.15, 0.2) is 35.5 Å². The summed E-state index contributed by atoms with van der Waals surface area (Å²) in [6.45, 7) is 16.1. The van der Waals surface area contributed by atoms with Crippen molar-refractivity contribution >= 4 is 5.97 Å². The second kappa shape index (κ2) is 8.80. The molecule has 3 saturated carbocycles. The van der Waals surface area contributed by atoms with Gasteiger partial charge in [-0.2, -0.15) is 0 Å². The molecule has 2 nitrogen and oxygen atoms in total. The maximum atomic E-state index is 11.5. The van der Waals surface area contributed by atoms with Crippen molar-refractivity contribution < 1.29 is 9.53 Å². The lowest BCUT2D eigenvalue weighted by molar-refractivity contribution is -0.148. The number of carbonyl (C=O) groups is 1. The maximum Gasteiger partial charge on any atom is 0.302 e. The van der Waals surface area contributed by atoms with E-state index in [1.807, 2.05) is 0 Å². The van der Waals surface area contributed by atoms with Gasteiger partial charge in [0.1, 0.15) is 6.10 Å². The van der Waals surface area contributed by atoms with Crippen LogP contribution in [0.4, 0.5) is 0 Å². The van der Waals surface area contributed by atoms with E-state index in [1.165, 1.54) is 31.3 Å². The monoisotopic (exact) mass is 438 g/mol. The summed E-state index contributed by atoms with van der Waals surface area (Å²) in [7, 11) is 0. The fraction of sp³-hybridized carbons (Fsp3) is 0.767. The molecule has 0 radical (unpaired) electrons. The molecule has 8 atom stereocenters.